The fourth-order valence-corrected chi connectivity index (χ4v) is 1.46. The summed E-state index contributed by atoms with van der Waals surface area (Å²) in [4.78, 5) is 3.48. The van der Waals surface area contributed by atoms with Gasteiger partial charge in [-0.2, -0.15) is 13.2 Å². The van der Waals surface area contributed by atoms with Crippen LogP contribution in [0.2, 0.25) is 0 Å². The largest absolute Gasteiger partial charge is 0.418 e. The Morgan fingerprint density at radius 1 is 1.33 bits per heavy atom. The molecule has 1 aromatic heterocycles. The van der Waals surface area contributed by atoms with Gasteiger partial charge in [0.05, 0.1) is 5.56 Å². The average molecular weight is 239 g/mol. The van der Waals surface area contributed by atoms with Gasteiger partial charge in [0, 0.05) is 17.9 Å². The highest BCUT2D eigenvalue weighted by atomic mass is 35.5. The van der Waals surface area contributed by atoms with E-state index in [0.29, 0.717) is 12.8 Å². The third-order valence-corrected chi connectivity index (χ3v) is 2.45. The fourth-order valence-electron chi connectivity index (χ4n) is 1.46. The van der Waals surface area contributed by atoms with Gasteiger partial charge in [0.1, 0.15) is 0 Å². The van der Waals surface area contributed by atoms with Crippen molar-refractivity contribution in [3.63, 3.8) is 0 Å². The number of pyridine rings is 1. The molecule has 1 aromatic rings. The van der Waals surface area contributed by atoms with Crippen LogP contribution in [0, 0.1) is 0 Å². The van der Waals surface area contributed by atoms with Crippen molar-refractivity contribution < 1.29 is 13.2 Å². The van der Waals surface area contributed by atoms with Crippen LogP contribution in [0.15, 0.2) is 18.5 Å². The topological polar surface area (TPSA) is 38.9 Å². The second-order valence-corrected chi connectivity index (χ2v) is 3.58. The van der Waals surface area contributed by atoms with Crippen molar-refractivity contribution in [1.29, 1.82) is 0 Å². The number of halogens is 4. The SMILES string of the molecule is Cl.NC1(c2ccncc2C(F)(F)F)CC1. The minimum absolute atomic E-state index is 0. The Morgan fingerprint density at radius 3 is 2.40 bits per heavy atom. The average Bonchev–Trinajstić information content (AvgIpc) is 2.84. The molecule has 1 saturated carbocycles. The summed E-state index contributed by atoms with van der Waals surface area (Å²) in [6.07, 6.45) is -0.960. The minimum Gasteiger partial charge on any atom is -0.321 e. The smallest absolute Gasteiger partial charge is 0.321 e. The molecule has 84 valence electrons. The minimum atomic E-state index is -4.36. The van der Waals surface area contributed by atoms with Gasteiger partial charge >= 0.3 is 6.18 Å². The summed E-state index contributed by atoms with van der Waals surface area (Å²) in [5.41, 5.74) is 4.43. The zero-order chi connectivity index (χ0) is 10.4. The Labute approximate surface area is 91.1 Å². The molecule has 1 aliphatic rings. The first kappa shape index (κ1) is 12.3. The predicted octanol–water partition coefficient (Wildman–Crippen LogP) is 2.47. The summed E-state index contributed by atoms with van der Waals surface area (Å²) >= 11 is 0. The first-order chi connectivity index (χ1) is 6.43. The van der Waals surface area contributed by atoms with Crippen LogP contribution in [0.1, 0.15) is 24.0 Å². The maximum Gasteiger partial charge on any atom is 0.418 e. The van der Waals surface area contributed by atoms with E-state index in [9.17, 15) is 13.2 Å². The number of hydrogen-bond acceptors (Lipinski definition) is 2. The molecule has 2 nitrogen and oxygen atoms in total. The van der Waals surface area contributed by atoms with E-state index in [2.05, 4.69) is 4.98 Å². The third-order valence-electron chi connectivity index (χ3n) is 2.45. The maximum atomic E-state index is 12.5. The van der Waals surface area contributed by atoms with E-state index < -0.39 is 17.3 Å². The maximum absolute atomic E-state index is 12.5. The molecule has 0 radical (unpaired) electrons. The zero-order valence-corrected chi connectivity index (χ0v) is 8.53. The van der Waals surface area contributed by atoms with Crippen LogP contribution in [0.3, 0.4) is 0 Å². The molecule has 0 amide bonds. The van der Waals surface area contributed by atoms with Gasteiger partial charge in [0.25, 0.3) is 0 Å². The molecule has 1 fully saturated rings. The summed E-state index contributed by atoms with van der Waals surface area (Å²) in [6.45, 7) is 0. The lowest BCUT2D eigenvalue weighted by molar-refractivity contribution is -0.138. The van der Waals surface area contributed by atoms with E-state index >= 15 is 0 Å². The fraction of sp³-hybridized carbons (Fsp3) is 0.444. The van der Waals surface area contributed by atoms with Gasteiger partial charge in [-0.3, -0.25) is 4.98 Å². The first-order valence-electron chi connectivity index (χ1n) is 4.24. The molecule has 0 spiro atoms. The third kappa shape index (κ3) is 2.23. The first-order valence-corrected chi connectivity index (χ1v) is 4.24. The predicted molar refractivity (Wildman–Crippen MR) is 51.6 cm³/mol. The van der Waals surface area contributed by atoms with Gasteiger partial charge in [0.2, 0.25) is 0 Å². The molecule has 2 N–H and O–H groups in total. The molecule has 1 aliphatic carbocycles. The van der Waals surface area contributed by atoms with Gasteiger partial charge < -0.3 is 5.73 Å². The molecule has 2 rings (SSSR count). The molecule has 0 saturated heterocycles. The second kappa shape index (κ2) is 3.64. The van der Waals surface area contributed by atoms with Crippen LogP contribution >= 0.6 is 12.4 Å². The Hall–Kier alpha value is -0.810. The molecule has 0 aliphatic heterocycles. The lowest BCUT2D eigenvalue weighted by Gasteiger charge is -2.16. The summed E-state index contributed by atoms with van der Waals surface area (Å²) in [6, 6.07) is 1.36. The van der Waals surface area contributed by atoms with Crippen LogP contribution in [0.5, 0.6) is 0 Å². The van der Waals surface area contributed by atoms with Gasteiger partial charge in [-0.25, -0.2) is 0 Å². The van der Waals surface area contributed by atoms with Crippen LogP contribution in [-0.4, -0.2) is 4.98 Å². The van der Waals surface area contributed by atoms with Crippen molar-refractivity contribution in [2.75, 3.05) is 0 Å². The number of nitrogens with zero attached hydrogens (tertiary/aromatic N) is 1. The summed E-state index contributed by atoms with van der Waals surface area (Å²) < 4.78 is 37.5. The normalized spacial score (nSPS) is 18.1. The monoisotopic (exact) mass is 238 g/mol. The number of rotatable bonds is 1. The number of alkyl halides is 3. The molecular formula is C9H10ClF3N2. The van der Waals surface area contributed by atoms with E-state index in [1.54, 1.807) is 0 Å². The van der Waals surface area contributed by atoms with E-state index in [1.165, 1.54) is 12.3 Å². The quantitative estimate of drug-likeness (QED) is 0.816. The lowest BCUT2D eigenvalue weighted by atomic mass is 10.0. The zero-order valence-electron chi connectivity index (χ0n) is 7.71. The molecule has 0 aromatic carbocycles. The Bertz CT molecular complexity index is 336. The Morgan fingerprint density at radius 2 is 1.93 bits per heavy atom. The van der Waals surface area contributed by atoms with Crippen molar-refractivity contribution in [3.05, 3.63) is 29.6 Å². The van der Waals surface area contributed by atoms with Crippen molar-refractivity contribution in [2.24, 2.45) is 5.73 Å². The summed E-state index contributed by atoms with van der Waals surface area (Å²) in [7, 11) is 0. The number of nitrogens with two attached hydrogens (primary N) is 1. The van der Waals surface area contributed by atoms with E-state index in [0.717, 1.165) is 6.20 Å². The number of aromatic nitrogens is 1. The molecule has 15 heavy (non-hydrogen) atoms. The Kier molecular flexibility index (Phi) is 2.98. The van der Waals surface area contributed by atoms with Crippen LogP contribution in [0.25, 0.3) is 0 Å². The lowest BCUT2D eigenvalue weighted by Crippen LogP contribution is -2.24. The molecule has 0 atom stereocenters. The molecule has 0 unspecified atom stereocenters. The van der Waals surface area contributed by atoms with E-state index in [4.69, 9.17) is 5.73 Å². The summed E-state index contributed by atoms with van der Waals surface area (Å²) in [5, 5.41) is 0. The highest BCUT2D eigenvalue weighted by Gasteiger charge is 2.46. The van der Waals surface area contributed by atoms with Crippen molar-refractivity contribution in [3.8, 4) is 0 Å². The van der Waals surface area contributed by atoms with Gasteiger partial charge in [0.15, 0.2) is 0 Å². The van der Waals surface area contributed by atoms with Crippen LogP contribution < -0.4 is 5.73 Å². The standard InChI is InChI=1S/C9H9F3N2.ClH/c10-9(11,12)7-5-14-4-1-6(7)8(13)2-3-8;/h1,4-5H,2-3,13H2;1H. The van der Waals surface area contributed by atoms with E-state index in [-0.39, 0.29) is 18.0 Å². The van der Waals surface area contributed by atoms with Crippen molar-refractivity contribution in [1.82, 2.24) is 4.98 Å². The highest BCUT2D eigenvalue weighted by Crippen LogP contribution is 2.47. The number of hydrogen-bond donors (Lipinski definition) is 1. The highest BCUT2D eigenvalue weighted by molar-refractivity contribution is 5.85. The van der Waals surface area contributed by atoms with Crippen LogP contribution in [-0.2, 0) is 11.7 Å². The van der Waals surface area contributed by atoms with Crippen molar-refractivity contribution >= 4 is 12.4 Å². The molecule has 0 bridgehead atoms. The summed E-state index contributed by atoms with van der Waals surface area (Å²) in [5.74, 6) is 0. The molecular weight excluding hydrogens is 229 g/mol. The van der Waals surface area contributed by atoms with Gasteiger partial charge in [-0.15, -0.1) is 12.4 Å². The molecule has 6 heteroatoms. The van der Waals surface area contributed by atoms with Crippen LogP contribution in [0.4, 0.5) is 13.2 Å². The molecule has 1 heterocycles. The van der Waals surface area contributed by atoms with Gasteiger partial charge in [-0.05, 0) is 24.5 Å². The van der Waals surface area contributed by atoms with E-state index in [1.807, 2.05) is 0 Å². The Balaban J connectivity index is 0.00000112. The second-order valence-electron chi connectivity index (χ2n) is 3.58. The van der Waals surface area contributed by atoms with Gasteiger partial charge in [-0.1, -0.05) is 0 Å². The van der Waals surface area contributed by atoms with Crippen molar-refractivity contribution in [2.45, 2.75) is 24.6 Å².